The van der Waals surface area contributed by atoms with Crippen LogP contribution in [0.3, 0.4) is 0 Å². The molecule has 0 radical (unpaired) electrons. The Morgan fingerprint density at radius 2 is 2.08 bits per heavy atom. The van der Waals surface area contributed by atoms with Gasteiger partial charge < -0.3 is 9.15 Å². The third-order valence-corrected chi connectivity index (χ3v) is 4.72. The lowest BCUT2D eigenvalue weighted by Crippen LogP contribution is -2.06. The first-order valence-corrected chi connectivity index (χ1v) is 8.95. The molecule has 0 saturated heterocycles. The fourth-order valence-corrected chi connectivity index (χ4v) is 3.08. The van der Waals surface area contributed by atoms with Crippen LogP contribution < -0.4 is 0 Å². The molecule has 0 saturated carbocycles. The lowest BCUT2D eigenvalue weighted by atomic mass is 10.1. The van der Waals surface area contributed by atoms with Crippen LogP contribution in [-0.4, -0.2) is 17.2 Å². The third kappa shape index (κ3) is 3.42. The minimum absolute atomic E-state index is 0.0640. The molecule has 0 spiro atoms. The zero-order chi connectivity index (χ0) is 17.3. The number of ether oxygens (including phenoxy) is 1. The Bertz CT molecular complexity index is 920. The van der Waals surface area contributed by atoms with E-state index in [0.717, 1.165) is 15.8 Å². The number of halogens is 1. The molecular formula is C18H16ClNO3S. The molecule has 0 aliphatic heterocycles. The van der Waals surface area contributed by atoms with Crippen molar-refractivity contribution < 1.29 is 13.9 Å². The highest BCUT2D eigenvalue weighted by atomic mass is 35.5. The third-order valence-electron chi connectivity index (χ3n) is 3.67. The van der Waals surface area contributed by atoms with Gasteiger partial charge in [0, 0.05) is 15.8 Å². The number of hydrogen-bond donors (Lipinski definition) is 0. The minimum atomic E-state index is -0.432. The Kier molecular flexibility index (Phi) is 4.83. The standard InChI is InChI=1S/C18H16ClNO3S/c1-10-6-15(11(2)23-10)18(21)22-9-13-7-12-4-5-14(24-3)8-16(12)20-17(13)19/h4-8H,9H2,1-3H3. The average molecular weight is 362 g/mol. The van der Waals surface area contributed by atoms with Crippen LogP contribution in [0.1, 0.15) is 27.4 Å². The van der Waals surface area contributed by atoms with E-state index < -0.39 is 5.97 Å². The van der Waals surface area contributed by atoms with Gasteiger partial charge in [0.05, 0.1) is 5.52 Å². The van der Waals surface area contributed by atoms with Gasteiger partial charge in [-0.3, -0.25) is 0 Å². The first kappa shape index (κ1) is 16.9. The molecule has 0 N–H and O–H groups in total. The Hall–Kier alpha value is -1.98. The Balaban J connectivity index is 1.81. The number of esters is 1. The molecule has 4 nitrogen and oxygen atoms in total. The summed E-state index contributed by atoms with van der Waals surface area (Å²) in [5.74, 6) is 0.789. The SMILES string of the molecule is CSc1ccc2cc(COC(=O)c3cc(C)oc3C)c(Cl)nc2c1. The number of thioether (sulfide) groups is 1. The second-order valence-corrected chi connectivity index (χ2v) is 6.64. The second kappa shape index (κ2) is 6.87. The molecule has 6 heteroatoms. The van der Waals surface area contributed by atoms with Crippen molar-refractivity contribution in [1.29, 1.82) is 0 Å². The second-order valence-electron chi connectivity index (χ2n) is 5.40. The van der Waals surface area contributed by atoms with Gasteiger partial charge >= 0.3 is 5.97 Å². The number of benzene rings is 1. The van der Waals surface area contributed by atoms with E-state index in [4.69, 9.17) is 20.8 Å². The predicted molar refractivity (Wildman–Crippen MR) is 95.8 cm³/mol. The monoisotopic (exact) mass is 361 g/mol. The molecule has 3 rings (SSSR count). The number of fused-ring (bicyclic) bond motifs is 1. The summed E-state index contributed by atoms with van der Waals surface area (Å²) in [6.07, 6.45) is 2.01. The number of rotatable bonds is 4. The number of nitrogens with zero attached hydrogens (tertiary/aromatic N) is 1. The summed E-state index contributed by atoms with van der Waals surface area (Å²) < 4.78 is 10.7. The van der Waals surface area contributed by atoms with E-state index in [0.29, 0.717) is 27.8 Å². The molecular weight excluding hydrogens is 346 g/mol. The van der Waals surface area contributed by atoms with Gasteiger partial charge in [-0.1, -0.05) is 17.7 Å². The topological polar surface area (TPSA) is 52.3 Å². The van der Waals surface area contributed by atoms with E-state index in [1.54, 1.807) is 31.7 Å². The van der Waals surface area contributed by atoms with Crippen LogP contribution in [0.4, 0.5) is 0 Å². The smallest absolute Gasteiger partial charge is 0.342 e. The highest BCUT2D eigenvalue weighted by molar-refractivity contribution is 7.98. The molecule has 0 atom stereocenters. The van der Waals surface area contributed by atoms with Crippen LogP contribution >= 0.6 is 23.4 Å². The molecule has 3 aromatic rings. The van der Waals surface area contributed by atoms with E-state index in [1.165, 1.54) is 0 Å². The number of carbonyl (C=O) groups excluding carboxylic acids is 1. The summed E-state index contributed by atoms with van der Waals surface area (Å²) in [5.41, 5.74) is 1.93. The van der Waals surface area contributed by atoms with Crippen LogP contribution in [0, 0.1) is 13.8 Å². The van der Waals surface area contributed by atoms with Crippen molar-refractivity contribution in [1.82, 2.24) is 4.98 Å². The molecule has 0 bridgehead atoms. The quantitative estimate of drug-likeness (QED) is 0.364. The van der Waals surface area contributed by atoms with Gasteiger partial charge in [-0.15, -0.1) is 11.8 Å². The highest BCUT2D eigenvalue weighted by Gasteiger charge is 2.16. The maximum atomic E-state index is 12.2. The number of furan rings is 1. The van der Waals surface area contributed by atoms with Gasteiger partial charge in [-0.2, -0.15) is 0 Å². The van der Waals surface area contributed by atoms with E-state index in [9.17, 15) is 4.79 Å². The van der Waals surface area contributed by atoms with Gasteiger partial charge in [0.2, 0.25) is 0 Å². The zero-order valence-corrected chi connectivity index (χ0v) is 15.1. The molecule has 2 aromatic heterocycles. The normalized spacial score (nSPS) is 11.0. The van der Waals surface area contributed by atoms with Crippen molar-refractivity contribution in [3.63, 3.8) is 0 Å². The summed E-state index contributed by atoms with van der Waals surface area (Å²) in [7, 11) is 0. The summed E-state index contributed by atoms with van der Waals surface area (Å²) in [6, 6.07) is 9.56. The van der Waals surface area contributed by atoms with Crippen molar-refractivity contribution in [2.75, 3.05) is 6.26 Å². The molecule has 24 heavy (non-hydrogen) atoms. The summed E-state index contributed by atoms with van der Waals surface area (Å²) in [4.78, 5) is 17.7. The van der Waals surface area contributed by atoms with Crippen LogP contribution in [0.5, 0.6) is 0 Å². The molecule has 0 amide bonds. The Labute approximate surface area is 149 Å². The number of aromatic nitrogens is 1. The van der Waals surface area contributed by atoms with E-state index in [2.05, 4.69) is 4.98 Å². The van der Waals surface area contributed by atoms with Gasteiger partial charge in [-0.05, 0) is 44.4 Å². The molecule has 2 heterocycles. The Morgan fingerprint density at radius 3 is 2.75 bits per heavy atom. The van der Waals surface area contributed by atoms with Crippen molar-refractivity contribution in [2.24, 2.45) is 0 Å². The first-order chi connectivity index (χ1) is 11.5. The van der Waals surface area contributed by atoms with E-state index in [-0.39, 0.29) is 6.61 Å². The largest absolute Gasteiger partial charge is 0.466 e. The molecule has 1 aromatic carbocycles. The van der Waals surface area contributed by atoms with Crippen molar-refractivity contribution in [2.45, 2.75) is 25.3 Å². The Morgan fingerprint density at radius 1 is 1.29 bits per heavy atom. The molecule has 0 fully saturated rings. The number of pyridine rings is 1. The molecule has 0 aliphatic rings. The number of hydrogen-bond acceptors (Lipinski definition) is 5. The molecule has 0 unspecified atom stereocenters. The van der Waals surface area contributed by atoms with Gasteiger partial charge in [0.1, 0.15) is 28.8 Å². The molecule has 124 valence electrons. The van der Waals surface area contributed by atoms with Crippen molar-refractivity contribution in [3.8, 4) is 0 Å². The maximum absolute atomic E-state index is 12.2. The van der Waals surface area contributed by atoms with Crippen LogP contribution in [-0.2, 0) is 11.3 Å². The van der Waals surface area contributed by atoms with Crippen LogP contribution in [0.25, 0.3) is 10.9 Å². The summed E-state index contributed by atoms with van der Waals surface area (Å²) in [5, 5.41) is 1.30. The molecule has 0 aliphatic carbocycles. The zero-order valence-electron chi connectivity index (χ0n) is 13.6. The predicted octanol–water partition coefficient (Wildman–Crippen LogP) is 5.18. The van der Waals surface area contributed by atoms with Crippen molar-refractivity contribution in [3.05, 3.63) is 58.1 Å². The average Bonchev–Trinajstić information content (AvgIpc) is 2.90. The highest BCUT2D eigenvalue weighted by Crippen LogP contribution is 2.25. The van der Waals surface area contributed by atoms with E-state index >= 15 is 0 Å². The summed E-state index contributed by atoms with van der Waals surface area (Å²) >= 11 is 7.88. The number of aryl methyl sites for hydroxylation is 2. The fourth-order valence-electron chi connectivity index (χ4n) is 2.45. The maximum Gasteiger partial charge on any atom is 0.342 e. The van der Waals surface area contributed by atoms with Crippen molar-refractivity contribution >= 4 is 40.2 Å². The first-order valence-electron chi connectivity index (χ1n) is 7.35. The van der Waals surface area contributed by atoms with Gasteiger partial charge in [0.15, 0.2) is 0 Å². The van der Waals surface area contributed by atoms with Crippen LogP contribution in [0.2, 0.25) is 5.15 Å². The van der Waals surface area contributed by atoms with Gasteiger partial charge in [-0.25, -0.2) is 9.78 Å². The lowest BCUT2D eigenvalue weighted by molar-refractivity contribution is 0.0470. The summed E-state index contributed by atoms with van der Waals surface area (Å²) in [6.45, 7) is 3.59. The number of carbonyl (C=O) groups is 1. The van der Waals surface area contributed by atoms with E-state index in [1.807, 2.05) is 30.5 Å². The van der Waals surface area contributed by atoms with Gasteiger partial charge in [0.25, 0.3) is 0 Å². The van der Waals surface area contributed by atoms with Crippen LogP contribution in [0.15, 0.2) is 39.6 Å². The fraction of sp³-hybridized carbons (Fsp3) is 0.222. The lowest BCUT2D eigenvalue weighted by Gasteiger charge is -2.08. The minimum Gasteiger partial charge on any atom is -0.466 e.